The summed E-state index contributed by atoms with van der Waals surface area (Å²) in [5, 5.41) is 11.4. The molecular formula is C25H23NO3. The van der Waals surface area contributed by atoms with Crippen molar-refractivity contribution in [3.8, 4) is 0 Å². The molecule has 29 heavy (non-hydrogen) atoms. The Kier molecular flexibility index (Phi) is 4.26. The fourth-order valence-electron chi connectivity index (χ4n) is 4.73. The maximum atomic E-state index is 13.2. The molecule has 5 rings (SSSR count). The number of aliphatic hydroxyl groups is 1. The minimum Gasteiger partial charge on any atom is -0.363 e. The second-order valence-electron chi connectivity index (χ2n) is 7.94. The molecule has 2 heterocycles. The summed E-state index contributed by atoms with van der Waals surface area (Å²) in [5.74, 6) is -2.14. The van der Waals surface area contributed by atoms with E-state index in [0.717, 1.165) is 16.7 Å². The lowest BCUT2D eigenvalue weighted by Gasteiger charge is -2.34. The quantitative estimate of drug-likeness (QED) is 0.745. The van der Waals surface area contributed by atoms with Crippen LogP contribution in [0.5, 0.6) is 0 Å². The SMILES string of the molecule is O=C1[C@@H]2CC(c3ccccc3)(c3ccccc3)O[C@]2(O)CN1Cc1ccccc1. The summed E-state index contributed by atoms with van der Waals surface area (Å²) in [6.45, 7) is 0.651. The van der Waals surface area contributed by atoms with Gasteiger partial charge in [0.15, 0.2) is 5.79 Å². The number of hydrogen-bond donors (Lipinski definition) is 1. The Morgan fingerprint density at radius 2 is 1.38 bits per heavy atom. The van der Waals surface area contributed by atoms with Crippen LogP contribution in [0, 0.1) is 5.92 Å². The zero-order valence-electron chi connectivity index (χ0n) is 16.1. The molecule has 0 aliphatic carbocycles. The zero-order chi connectivity index (χ0) is 19.9. The Balaban J connectivity index is 1.50. The lowest BCUT2D eigenvalue weighted by atomic mass is 9.81. The predicted molar refractivity (Wildman–Crippen MR) is 110 cm³/mol. The minimum absolute atomic E-state index is 0.0508. The second kappa shape index (κ2) is 6.83. The molecule has 2 saturated heterocycles. The normalized spacial score (nSPS) is 25.2. The van der Waals surface area contributed by atoms with Crippen LogP contribution in [0.4, 0.5) is 0 Å². The fraction of sp³-hybridized carbons (Fsp3) is 0.240. The van der Waals surface area contributed by atoms with E-state index < -0.39 is 17.3 Å². The van der Waals surface area contributed by atoms with E-state index in [-0.39, 0.29) is 12.5 Å². The molecule has 1 N–H and O–H groups in total. The number of amides is 1. The van der Waals surface area contributed by atoms with Crippen molar-refractivity contribution < 1.29 is 14.6 Å². The Hall–Kier alpha value is -2.95. The molecule has 0 bridgehead atoms. The van der Waals surface area contributed by atoms with Gasteiger partial charge in [0.2, 0.25) is 5.91 Å². The summed E-state index contributed by atoms with van der Waals surface area (Å²) in [4.78, 5) is 14.9. The first-order valence-electron chi connectivity index (χ1n) is 9.97. The van der Waals surface area contributed by atoms with E-state index in [0.29, 0.717) is 13.0 Å². The van der Waals surface area contributed by atoms with Crippen molar-refractivity contribution in [2.45, 2.75) is 24.4 Å². The number of benzene rings is 3. The highest BCUT2D eigenvalue weighted by molar-refractivity contribution is 5.83. The van der Waals surface area contributed by atoms with Crippen LogP contribution in [-0.4, -0.2) is 28.2 Å². The van der Waals surface area contributed by atoms with Crippen molar-refractivity contribution >= 4 is 5.91 Å². The zero-order valence-corrected chi connectivity index (χ0v) is 16.1. The summed E-state index contributed by atoms with van der Waals surface area (Å²) in [7, 11) is 0. The van der Waals surface area contributed by atoms with Crippen molar-refractivity contribution in [1.82, 2.24) is 4.90 Å². The van der Waals surface area contributed by atoms with Gasteiger partial charge in [0, 0.05) is 13.0 Å². The maximum absolute atomic E-state index is 13.2. The molecule has 3 aromatic rings. The van der Waals surface area contributed by atoms with Gasteiger partial charge < -0.3 is 14.7 Å². The highest BCUT2D eigenvalue weighted by Crippen LogP contribution is 2.54. The molecule has 0 saturated carbocycles. The molecule has 4 nitrogen and oxygen atoms in total. The van der Waals surface area contributed by atoms with E-state index in [1.54, 1.807) is 4.90 Å². The Morgan fingerprint density at radius 3 is 1.90 bits per heavy atom. The van der Waals surface area contributed by atoms with Crippen LogP contribution in [0.15, 0.2) is 91.0 Å². The van der Waals surface area contributed by atoms with Gasteiger partial charge in [0.25, 0.3) is 0 Å². The Morgan fingerprint density at radius 1 is 0.862 bits per heavy atom. The molecule has 0 unspecified atom stereocenters. The molecule has 1 amide bonds. The summed E-state index contributed by atoms with van der Waals surface area (Å²) in [6.07, 6.45) is 0.418. The molecule has 0 aromatic heterocycles. The number of carbonyl (C=O) groups is 1. The smallest absolute Gasteiger partial charge is 0.231 e. The van der Waals surface area contributed by atoms with Crippen molar-refractivity contribution in [1.29, 1.82) is 0 Å². The van der Waals surface area contributed by atoms with Crippen LogP contribution in [-0.2, 0) is 21.7 Å². The van der Waals surface area contributed by atoms with Gasteiger partial charge in [-0.1, -0.05) is 91.0 Å². The number of fused-ring (bicyclic) bond motifs is 1. The molecule has 2 atom stereocenters. The van der Waals surface area contributed by atoms with Crippen LogP contribution < -0.4 is 0 Å². The van der Waals surface area contributed by atoms with Gasteiger partial charge in [-0.05, 0) is 16.7 Å². The van der Waals surface area contributed by atoms with Crippen molar-refractivity contribution in [2.24, 2.45) is 5.92 Å². The summed E-state index contributed by atoms with van der Waals surface area (Å²) in [6, 6.07) is 29.6. The molecule has 146 valence electrons. The van der Waals surface area contributed by atoms with Gasteiger partial charge in [0.1, 0.15) is 5.60 Å². The van der Waals surface area contributed by atoms with E-state index in [1.165, 1.54) is 0 Å². The van der Waals surface area contributed by atoms with Crippen LogP contribution in [0.1, 0.15) is 23.1 Å². The predicted octanol–water partition coefficient (Wildman–Crippen LogP) is 3.70. The van der Waals surface area contributed by atoms with Crippen LogP contribution in [0.25, 0.3) is 0 Å². The number of β-amino-alcohol motifs (C(OH)–C–C–N with tert-alkyl or cyclic N) is 1. The van der Waals surface area contributed by atoms with E-state index >= 15 is 0 Å². The first-order valence-corrected chi connectivity index (χ1v) is 9.97. The van der Waals surface area contributed by atoms with Gasteiger partial charge in [-0.2, -0.15) is 0 Å². The van der Waals surface area contributed by atoms with Crippen LogP contribution in [0.3, 0.4) is 0 Å². The number of nitrogens with zero attached hydrogens (tertiary/aromatic N) is 1. The molecule has 0 radical (unpaired) electrons. The van der Waals surface area contributed by atoms with E-state index in [4.69, 9.17) is 4.74 Å². The largest absolute Gasteiger partial charge is 0.363 e. The van der Waals surface area contributed by atoms with Gasteiger partial charge in [-0.15, -0.1) is 0 Å². The number of rotatable bonds is 4. The lowest BCUT2D eigenvalue weighted by Crippen LogP contribution is -2.40. The summed E-state index contributed by atoms with van der Waals surface area (Å²) in [5.41, 5.74) is 2.12. The topological polar surface area (TPSA) is 49.8 Å². The van der Waals surface area contributed by atoms with Crippen LogP contribution >= 0.6 is 0 Å². The molecule has 2 aliphatic heterocycles. The highest BCUT2D eigenvalue weighted by Gasteiger charge is 2.64. The third-order valence-corrected chi connectivity index (χ3v) is 6.11. The van der Waals surface area contributed by atoms with Gasteiger partial charge in [-0.25, -0.2) is 0 Å². The van der Waals surface area contributed by atoms with E-state index in [9.17, 15) is 9.90 Å². The third kappa shape index (κ3) is 2.96. The van der Waals surface area contributed by atoms with Crippen molar-refractivity contribution in [3.05, 3.63) is 108 Å². The molecule has 2 fully saturated rings. The van der Waals surface area contributed by atoms with E-state index in [1.807, 2.05) is 91.0 Å². The third-order valence-electron chi connectivity index (χ3n) is 6.11. The standard InChI is InChI=1S/C25H23NO3/c27-23-22-16-24(20-12-6-2-7-13-20,21-14-8-3-9-15-21)29-25(22,28)18-26(23)17-19-10-4-1-5-11-19/h1-15,22,28H,16-18H2/t22-,25+/m0/s1. The summed E-state index contributed by atoms with van der Waals surface area (Å²) >= 11 is 0. The lowest BCUT2D eigenvalue weighted by molar-refractivity contribution is -0.219. The number of ether oxygens (including phenoxy) is 1. The van der Waals surface area contributed by atoms with Crippen LogP contribution in [0.2, 0.25) is 0 Å². The second-order valence-corrected chi connectivity index (χ2v) is 7.94. The number of carbonyl (C=O) groups excluding carboxylic acids is 1. The van der Waals surface area contributed by atoms with Crippen molar-refractivity contribution in [3.63, 3.8) is 0 Å². The van der Waals surface area contributed by atoms with Gasteiger partial charge in [0.05, 0.1) is 12.5 Å². The number of likely N-dealkylation sites (tertiary alicyclic amines) is 1. The molecule has 0 spiro atoms. The maximum Gasteiger partial charge on any atom is 0.231 e. The van der Waals surface area contributed by atoms with Gasteiger partial charge in [-0.3, -0.25) is 4.79 Å². The van der Waals surface area contributed by atoms with E-state index in [2.05, 4.69) is 0 Å². The summed E-state index contributed by atoms with van der Waals surface area (Å²) < 4.78 is 6.46. The minimum atomic E-state index is -1.50. The fourth-order valence-corrected chi connectivity index (χ4v) is 4.73. The highest BCUT2D eigenvalue weighted by atomic mass is 16.7. The Bertz CT molecular complexity index is 967. The molecular weight excluding hydrogens is 362 g/mol. The number of hydrogen-bond acceptors (Lipinski definition) is 3. The molecule has 4 heteroatoms. The van der Waals surface area contributed by atoms with Gasteiger partial charge >= 0.3 is 0 Å². The first kappa shape index (κ1) is 18.1. The molecule has 2 aliphatic rings. The monoisotopic (exact) mass is 385 g/mol. The average molecular weight is 385 g/mol. The molecule has 3 aromatic carbocycles. The first-order chi connectivity index (χ1) is 14.1. The average Bonchev–Trinajstić information content (AvgIpc) is 3.20. The van der Waals surface area contributed by atoms with Crippen molar-refractivity contribution in [2.75, 3.05) is 6.54 Å². The Labute approximate surface area is 170 Å².